The predicted molar refractivity (Wildman–Crippen MR) is 119 cm³/mol. The Morgan fingerprint density at radius 3 is 2.83 bits per heavy atom. The number of carbonyl (C=O) groups excluding carboxylic acids is 1. The van der Waals surface area contributed by atoms with Crippen LogP contribution in [0.4, 0.5) is 5.82 Å². The maximum atomic E-state index is 12.7. The number of benzene rings is 1. The molecule has 0 aliphatic carbocycles. The summed E-state index contributed by atoms with van der Waals surface area (Å²) in [6.07, 6.45) is 2.65. The van der Waals surface area contributed by atoms with Crippen LogP contribution in [-0.4, -0.2) is 54.7 Å². The van der Waals surface area contributed by atoms with Crippen LogP contribution >= 0.6 is 0 Å². The van der Waals surface area contributed by atoms with Crippen LogP contribution in [0.1, 0.15) is 48.7 Å². The van der Waals surface area contributed by atoms with Gasteiger partial charge in [-0.25, -0.2) is 9.78 Å². The summed E-state index contributed by atoms with van der Waals surface area (Å²) in [5.74, 6) is 1.33. The number of ether oxygens (including phenoxy) is 2. The molecule has 0 bridgehead atoms. The summed E-state index contributed by atoms with van der Waals surface area (Å²) < 4.78 is 10.9. The van der Waals surface area contributed by atoms with E-state index >= 15 is 0 Å². The minimum Gasteiger partial charge on any atom is -0.497 e. The first kappa shape index (κ1) is 22.1. The van der Waals surface area contributed by atoms with Crippen molar-refractivity contribution in [3.63, 3.8) is 0 Å². The molecule has 0 N–H and O–H groups in total. The summed E-state index contributed by atoms with van der Waals surface area (Å²) in [5.41, 5.74) is 2.73. The molecule has 0 spiro atoms. The summed E-state index contributed by atoms with van der Waals surface area (Å²) >= 11 is 0. The van der Waals surface area contributed by atoms with Gasteiger partial charge in [0.25, 0.3) is 0 Å². The second-order valence-electron chi connectivity index (χ2n) is 8.08. The largest absolute Gasteiger partial charge is 0.497 e. The van der Waals surface area contributed by atoms with Crippen molar-refractivity contribution >= 4 is 11.8 Å². The number of aromatic nitrogens is 1. The molecule has 1 atom stereocenters. The Bertz CT molecular complexity index is 869. The zero-order valence-corrected chi connectivity index (χ0v) is 18.7. The van der Waals surface area contributed by atoms with E-state index in [4.69, 9.17) is 9.47 Å². The number of hydrogen-bond acceptors (Lipinski definition) is 6. The maximum absolute atomic E-state index is 12.7. The van der Waals surface area contributed by atoms with Gasteiger partial charge in [0.2, 0.25) is 0 Å². The SMILES string of the molecule is CCN(Cc1cccc(OC)c1)[C@@H]1CCN(c2nccc(C)c2C(=O)OC(C)C)C1. The lowest BCUT2D eigenvalue weighted by Gasteiger charge is -2.28. The van der Waals surface area contributed by atoms with Gasteiger partial charge in [0.05, 0.1) is 13.2 Å². The van der Waals surface area contributed by atoms with Crippen LogP contribution < -0.4 is 9.64 Å². The molecule has 3 rings (SSSR count). The van der Waals surface area contributed by atoms with Crippen LogP contribution in [0, 0.1) is 6.92 Å². The van der Waals surface area contributed by atoms with E-state index in [1.165, 1.54) is 5.56 Å². The van der Waals surface area contributed by atoms with Gasteiger partial charge in [-0.2, -0.15) is 0 Å². The van der Waals surface area contributed by atoms with Crippen LogP contribution in [-0.2, 0) is 11.3 Å². The van der Waals surface area contributed by atoms with E-state index in [2.05, 4.69) is 33.8 Å². The number of anilines is 1. The first-order valence-corrected chi connectivity index (χ1v) is 10.7. The average molecular weight is 412 g/mol. The molecule has 2 aromatic rings. The van der Waals surface area contributed by atoms with E-state index in [9.17, 15) is 4.79 Å². The normalized spacial score (nSPS) is 16.4. The van der Waals surface area contributed by atoms with E-state index in [-0.39, 0.29) is 12.1 Å². The standard InChI is InChI=1S/C24H33N3O3/c1-6-26(15-19-8-7-9-21(14-19)29-5)20-11-13-27(16-20)23-22(18(4)10-12-25-23)24(28)30-17(2)3/h7-10,12,14,17,20H,6,11,13,15-16H2,1-5H3/t20-/m1/s1. The number of esters is 1. The first-order chi connectivity index (χ1) is 14.4. The molecule has 2 heterocycles. The molecule has 0 unspecified atom stereocenters. The van der Waals surface area contributed by atoms with Crippen LogP contribution in [0.2, 0.25) is 0 Å². The number of aryl methyl sites for hydroxylation is 1. The minimum atomic E-state index is -0.294. The first-order valence-electron chi connectivity index (χ1n) is 10.7. The Morgan fingerprint density at radius 1 is 1.33 bits per heavy atom. The Hall–Kier alpha value is -2.60. The second-order valence-corrected chi connectivity index (χ2v) is 8.08. The van der Waals surface area contributed by atoms with Crippen molar-refractivity contribution in [2.24, 2.45) is 0 Å². The summed E-state index contributed by atoms with van der Waals surface area (Å²) in [5, 5.41) is 0. The summed E-state index contributed by atoms with van der Waals surface area (Å²) in [6, 6.07) is 10.5. The number of rotatable bonds is 8. The van der Waals surface area contributed by atoms with Gasteiger partial charge >= 0.3 is 5.97 Å². The van der Waals surface area contributed by atoms with E-state index in [1.807, 2.05) is 39.0 Å². The molecule has 1 aromatic heterocycles. The van der Waals surface area contributed by atoms with Crippen LogP contribution in [0.3, 0.4) is 0 Å². The average Bonchev–Trinajstić information content (AvgIpc) is 3.21. The number of hydrogen-bond donors (Lipinski definition) is 0. The third kappa shape index (κ3) is 5.11. The number of likely N-dealkylation sites (N-methyl/N-ethyl adjacent to an activating group) is 1. The van der Waals surface area contributed by atoms with Crippen molar-refractivity contribution in [3.05, 3.63) is 53.2 Å². The lowest BCUT2D eigenvalue weighted by Crippen LogP contribution is -2.37. The lowest BCUT2D eigenvalue weighted by atomic mass is 10.1. The van der Waals surface area contributed by atoms with Crippen LogP contribution in [0.25, 0.3) is 0 Å². The molecule has 0 amide bonds. The predicted octanol–water partition coefficient (Wildman–Crippen LogP) is 4.06. The molecule has 1 fully saturated rings. The van der Waals surface area contributed by atoms with Gasteiger partial charge in [-0.3, -0.25) is 4.90 Å². The van der Waals surface area contributed by atoms with Gasteiger partial charge in [0, 0.05) is 31.9 Å². The molecule has 162 valence electrons. The highest BCUT2D eigenvalue weighted by atomic mass is 16.5. The fourth-order valence-corrected chi connectivity index (χ4v) is 4.05. The quantitative estimate of drug-likeness (QED) is 0.611. The van der Waals surface area contributed by atoms with Crippen molar-refractivity contribution < 1.29 is 14.3 Å². The molecule has 30 heavy (non-hydrogen) atoms. The van der Waals surface area contributed by atoms with E-state index in [0.717, 1.165) is 49.7 Å². The second kappa shape index (κ2) is 9.94. The molecular weight excluding hydrogens is 378 g/mol. The van der Waals surface area contributed by atoms with Crippen molar-refractivity contribution in [1.29, 1.82) is 0 Å². The van der Waals surface area contributed by atoms with Gasteiger partial charge in [0.15, 0.2) is 0 Å². The summed E-state index contributed by atoms with van der Waals surface area (Å²) in [4.78, 5) is 22.0. The number of methoxy groups -OCH3 is 1. The van der Waals surface area contributed by atoms with Crippen molar-refractivity contribution in [1.82, 2.24) is 9.88 Å². The highest BCUT2D eigenvalue weighted by molar-refractivity contribution is 5.96. The van der Waals surface area contributed by atoms with Crippen LogP contribution in [0.5, 0.6) is 5.75 Å². The zero-order chi connectivity index (χ0) is 21.7. The highest BCUT2D eigenvalue weighted by Crippen LogP contribution is 2.28. The van der Waals surface area contributed by atoms with E-state index < -0.39 is 0 Å². The summed E-state index contributed by atoms with van der Waals surface area (Å²) in [6.45, 7) is 11.4. The number of carbonyl (C=O) groups is 1. The van der Waals surface area contributed by atoms with E-state index in [1.54, 1.807) is 13.3 Å². The van der Waals surface area contributed by atoms with Crippen molar-refractivity contribution in [3.8, 4) is 5.75 Å². The molecule has 0 saturated carbocycles. The lowest BCUT2D eigenvalue weighted by molar-refractivity contribution is 0.0377. The zero-order valence-electron chi connectivity index (χ0n) is 18.7. The maximum Gasteiger partial charge on any atom is 0.342 e. The third-order valence-corrected chi connectivity index (χ3v) is 5.59. The topological polar surface area (TPSA) is 54.9 Å². The number of pyridine rings is 1. The Kier molecular flexibility index (Phi) is 7.32. The van der Waals surface area contributed by atoms with Crippen molar-refractivity contribution in [2.75, 3.05) is 31.6 Å². The third-order valence-electron chi connectivity index (χ3n) is 5.59. The fraction of sp³-hybridized carbons (Fsp3) is 0.500. The molecule has 6 nitrogen and oxygen atoms in total. The van der Waals surface area contributed by atoms with Crippen molar-refractivity contribution in [2.45, 2.75) is 52.8 Å². The highest BCUT2D eigenvalue weighted by Gasteiger charge is 2.31. The Labute approximate surface area is 179 Å². The Balaban J connectivity index is 1.75. The number of nitrogens with zero attached hydrogens (tertiary/aromatic N) is 3. The fourth-order valence-electron chi connectivity index (χ4n) is 4.05. The van der Waals surface area contributed by atoms with Crippen LogP contribution in [0.15, 0.2) is 36.5 Å². The molecule has 1 aliphatic heterocycles. The molecular formula is C24H33N3O3. The Morgan fingerprint density at radius 2 is 2.13 bits per heavy atom. The smallest absolute Gasteiger partial charge is 0.342 e. The van der Waals surface area contributed by atoms with Gasteiger partial charge in [-0.1, -0.05) is 19.1 Å². The van der Waals surface area contributed by atoms with Gasteiger partial charge < -0.3 is 14.4 Å². The molecule has 1 aliphatic rings. The molecule has 1 aromatic carbocycles. The molecule has 0 radical (unpaired) electrons. The van der Waals surface area contributed by atoms with Gasteiger partial charge in [-0.15, -0.1) is 0 Å². The molecule has 1 saturated heterocycles. The van der Waals surface area contributed by atoms with E-state index in [0.29, 0.717) is 11.6 Å². The van der Waals surface area contributed by atoms with Gasteiger partial charge in [0.1, 0.15) is 17.1 Å². The monoisotopic (exact) mass is 411 g/mol. The minimum absolute atomic E-state index is 0.158. The summed E-state index contributed by atoms with van der Waals surface area (Å²) in [7, 11) is 1.70. The van der Waals surface area contributed by atoms with Gasteiger partial charge in [-0.05, 0) is 63.1 Å². The molecule has 6 heteroatoms.